The number of benzene rings is 2. The number of hydrogen-bond donors (Lipinski definition) is 0. The Morgan fingerprint density at radius 2 is 1.90 bits per heavy atom. The van der Waals surface area contributed by atoms with E-state index in [9.17, 15) is 4.39 Å². The smallest absolute Gasteiger partial charge is 0.137 e. The molecule has 20 heavy (non-hydrogen) atoms. The van der Waals surface area contributed by atoms with Crippen LogP contribution in [0.1, 0.15) is 16.7 Å². The average molecular weight is 331 g/mol. The molecule has 98 valence electrons. The maximum Gasteiger partial charge on any atom is 0.137 e. The first-order valence-electron chi connectivity index (χ1n) is 5.64. The highest BCUT2D eigenvalue weighted by Gasteiger charge is 2.06. The van der Waals surface area contributed by atoms with Crippen molar-refractivity contribution < 1.29 is 9.13 Å². The second kappa shape index (κ2) is 6.18. The van der Waals surface area contributed by atoms with Crippen LogP contribution in [0.2, 0.25) is 0 Å². The molecule has 0 fully saturated rings. The fraction of sp³-hybridized carbons (Fsp3) is 0.0667. The van der Waals surface area contributed by atoms with Crippen LogP contribution < -0.4 is 4.74 Å². The van der Waals surface area contributed by atoms with Crippen molar-refractivity contribution in [3.05, 3.63) is 63.4 Å². The third-order valence-corrected chi connectivity index (χ3v) is 3.04. The molecule has 0 aliphatic heterocycles. The quantitative estimate of drug-likeness (QED) is 0.857. The zero-order chi connectivity index (χ0) is 14.5. The molecular weight excluding hydrogens is 323 g/mol. The van der Waals surface area contributed by atoms with Crippen molar-refractivity contribution in [3.63, 3.8) is 0 Å². The fourth-order valence-electron chi connectivity index (χ4n) is 1.67. The predicted molar refractivity (Wildman–Crippen MR) is 74.3 cm³/mol. The molecule has 5 heteroatoms. The lowest BCUT2D eigenvalue weighted by Gasteiger charge is -2.08. The Labute approximate surface area is 124 Å². The van der Waals surface area contributed by atoms with Gasteiger partial charge in [0, 0.05) is 4.47 Å². The summed E-state index contributed by atoms with van der Waals surface area (Å²) in [7, 11) is 0. The topological polar surface area (TPSA) is 56.8 Å². The van der Waals surface area contributed by atoms with Crippen molar-refractivity contribution >= 4 is 15.9 Å². The van der Waals surface area contributed by atoms with E-state index < -0.39 is 5.82 Å². The highest BCUT2D eigenvalue weighted by atomic mass is 79.9. The van der Waals surface area contributed by atoms with E-state index in [0.717, 1.165) is 10.5 Å². The van der Waals surface area contributed by atoms with Gasteiger partial charge < -0.3 is 4.74 Å². The first kappa shape index (κ1) is 14.0. The summed E-state index contributed by atoms with van der Waals surface area (Å²) in [5.74, 6) is -0.0718. The number of rotatable bonds is 3. The SMILES string of the molecule is N#Cc1cc(F)cc(COc2ccc(Br)cc2C#N)c1. The number of hydrogen-bond acceptors (Lipinski definition) is 3. The van der Waals surface area contributed by atoms with Crippen LogP contribution in [0.15, 0.2) is 40.9 Å². The second-order valence-corrected chi connectivity index (χ2v) is 4.92. The standard InChI is InChI=1S/C15H8BrFN2O/c16-13-1-2-15(12(6-13)8-19)20-9-11-3-10(7-18)4-14(17)5-11/h1-6H,9H2. The molecule has 0 saturated heterocycles. The number of ether oxygens (including phenoxy) is 1. The molecule has 2 aromatic rings. The fourth-order valence-corrected chi connectivity index (χ4v) is 2.04. The minimum Gasteiger partial charge on any atom is -0.488 e. The van der Waals surface area contributed by atoms with E-state index in [4.69, 9.17) is 15.3 Å². The second-order valence-electron chi connectivity index (χ2n) is 4.00. The molecular formula is C15H8BrFN2O. The van der Waals surface area contributed by atoms with Crippen LogP contribution >= 0.6 is 15.9 Å². The van der Waals surface area contributed by atoms with Crippen LogP contribution in [0, 0.1) is 28.5 Å². The molecule has 0 N–H and O–H groups in total. The third kappa shape index (κ3) is 3.34. The predicted octanol–water partition coefficient (Wildman–Crippen LogP) is 3.91. The summed E-state index contributed by atoms with van der Waals surface area (Å²) >= 11 is 3.27. The van der Waals surface area contributed by atoms with Gasteiger partial charge in [0.25, 0.3) is 0 Å². The van der Waals surface area contributed by atoms with Gasteiger partial charge in [-0.15, -0.1) is 0 Å². The largest absolute Gasteiger partial charge is 0.488 e. The van der Waals surface area contributed by atoms with Crippen LogP contribution in [0.25, 0.3) is 0 Å². The van der Waals surface area contributed by atoms with Gasteiger partial charge in [-0.05, 0) is 42.0 Å². The maximum atomic E-state index is 13.3. The summed E-state index contributed by atoms with van der Waals surface area (Å²) < 4.78 is 19.6. The van der Waals surface area contributed by atoms with Crippen LogP contribution in [-0.2, 0) is 6.61 Å². The minimum absolute atomic E-state index is 0.0861. The molecule has 0 atom stereocenters. The van der Waals surface area contributed by atoms with Crippen molar-refractivity contribution in [1.29, 1.82) is 10.5 Å². The summed E-state index contributed by atoms with van der Waals surface area (Å²) in [6.07, 6.45) is 0. The molecule has 0 aliphatic carbocycles. The van der Waals surface area contributed by atoms with Gasteiger partial charge in [-0.3, -0.25) is 0 Å². The average Bonchev–Trinajstić information content (AvgIpc) is 2.45. The molecule has 0 amide bonds. The van der Waals surface area contributed by atoms with Gasteiger partial charge in [-0.25, -0.2) is 4.39 Å². The van der Waals surface area contributed by atoms with Crippen molar-refractivity contribution in [2.75, 3.05) is 0 Å². The van der Waals surface area contributed by atoms with E-state index >= 15 is 0 Å². The van der Waals surface area contributed by atoms with Crippen molar-refractivity contribution in [1.82, 2.24) is 0 Å². The Kier molecular flexibility index (Phi) is 4.34. The molecule has 0 heterocycles. The minimum atomic E-state index is -0.487. The zero-order valence-corrected chi connectivity index (χ0v) is 11.8. The van der Waals surface area contributed by atoms with E-state index in [0.29, 0.717) is 16.9 Å². The lowest BCUT2D eigenvalue weighted by molar-refractivity contribution is 0.304. The molecule has 0 radical (unpaired) electrons. The summed E-state index contributed by atoms with van der Waals surface area (Å²) in [4.78, 5) is 0. The van der Waals surface area contributed by atoms with Crippen LogP contribution in [0.3, 0.4) is 0 Å². The van der Waals surface area contributed by atoms with Gasteiger partial charge in [0.2, 0.25) is 0 Å². The zero-order valence-electron chi connectivity index (χ0n) is 10.2. The summed E-state index contributed by atoms with van der Waals surface area (Å²) in [5.41, 5.74) is 1.16. The molecule has 3 nitrogen and oxygen atoms in total. The monoisotopic (exact) mass is 330 g/mol. The molecule has 0 unspecified atom stereocenters. The Bertz CT molecular complexity index is 732. The first-order chi connectivity index (χ1) is 9.62. The Hall–Kier alpha value is -2.37. The number of halogens is 2. The van der Waals surface area contributed by atoms with Gasteiger partial charge in [0.05, 0.1) is 17.2 Å². The maximum absolute atomic E-state index is 13.3. The molecule has 2 aromatic carbocycles. The van der Waals surface area contributed by atoms with Gasteiger partial charge >= 0.3 is 0 Å². The van der Waals surface area contributed by atoms with Crippen molar-refractivity contribution in [3.8, 4) is 17.9 Å². The first-order valence-corrected chi connectivity index (χ1v) is 6.43. The van der Waals surface area contributed by atoms with Crippen LogP contribution in [-0.4, -0.2) is 0 Å². The summed E-state index contributed by atoms with van der Waals surface area (Å²) in [5, 5.41) is 17.8. The number of nitrogens with zero attached hydrogens (tertiary/aromatic N) is 2. The number of nitriles is 2. The highest BCUT2D eigenvalue weighted by molar-refractivity contribution is 9.10. The summed E-state index contributed by atoms with van der Waals surface area (Å²) in [6, 6.07) is 13.0. The van der Waals surface area contributed by atoms with Crippen molar-refractivity contribution in [2.24, 2.45) is 0 Å². The molecule has 2 rings (SSSR count). The van der Waals surface area contributed by atoms with Gasteiger partial charge in [0.1, 0.15) is 24.2 Å². The van der Waals surface area contributed by atoms with E-state index in [1.807, 2.05) is 12.1 Å². The molecule has 0 saturated carbocycles. The molecule has 0 aliphatic rings. The normalized spacial score (nSPS) is 9.60. The van der Waals surface area contributed by atoms with E-state index in [1.165, 1.54) is 6.07 Å². The van der Waals surface area contributed by atoms with Gasteiger partial charge in [-0.2, -0.15) is 10.5 Å². The highest BCUT2D eigenvalue weighted by Crippen LogP contribution is 2.23. The van der Waals surface area contributed by atoms with Crippen LogP contribution in [0.4, 0.5) is 4.39 Å². The van der Waals surface area contributed by atoms with E-state index in [2.05, 4.69) is 15.9 Å². The van der Waals surface area contributed by atoms with Gasteiger partial charge in [-0.1, -0.05) is 15.9 Å². The molecule has 0 bridgehead atoms. The van der Waals surface area contributed by atoms with Crippen LogP contribution in [0.5, 0.6) is 5.75 Å². The summed E-state index contributed by atoms with van der Waals surface area (Å²) in [6.45, 7) is 0.0861. The lowest BCUT2D eigenvalue weighted by atomic mass is 10.1. The van der Waals surface area contributed by atoms with Gasteiger partial charge in [0.15, 0.2) is 0 Å². The van der Waals surface area contributed by atoms with E-state index in [-0.39, 0.29) is 12.2 Å². The third-order valence-electron chi connectivity index (χ3n) is 2.54. The van der Waals surface area contributed by atoms with Crippen molar-refractivity contribution in [2.45, 2.75) is 6.61 Å². The molecule has 0 spiro atoms. The lowest BCUT2D eigenvalue weighted by Crippen LogP contribution is -1.98. The Morgan fingerprint density at radius 1 is 1.10 bits per heavy atom. The van der Waals surface area contributed by atoms with E-state index in [1.54, 1.807) is 24.3 Å². The Morgan fingerprint density at radius 3 is 2.60 bits per heavy atom. The molecule has 0 aromatic heterocycles. The Balaban J connectivity index is 2.20.